The third kappa shape index (κ3) is 5.05. The number of hydrogen-bond acceptors (Lipinski definition) is 5. The van der Waals surface area contributed by atoms with Gasteiger partial charge in [-0.2, -0.15) is 0 Å². The van der Waals surface area contributed by atoms with E-state index in [4.69, 9.17) is 11.6 Å². The number of nitrogens with one attached hydrogen (secondary N) is 2. The summed E-state index contributed by atoms with van der Waals surface area (Å²) in [5.74, 6) is 0.689. The standard InChI is InChI=1S/C24H20ClN5O/c1-16-4-9-20(28-23(31)18-7-5-17(14-25)6-8-18)13-22(16)30-24-27-12-10-21(29-24)19-3-2-11-26-15-19/h2-13,15H,14H2,1H3,(H,28,31)(H,27,29,30)/i15+2. The van der Waals surface area contributed by atoms with Crippen LogP contribution in [0.25, 0.3) is 11.3 Å². The Bertz CT molecular complexity index is 1200. The maximum absolute atomic E-state index is 12.6. The van der Waals surface area contributed by atoms with Gasteiger partial charge in [0.05, 0.1) is 5.69 Å². The van der Waals surface area contributed by atoms with Crippen molar-refractivity contribution in [3.8, 4) is 11.3 Å². The molecule has 0 aliphatic carbocycles. The van der Waals surface area contributed by atoms with Crippen LogP contribution < -0.4 is 10.6 Å². The second kappa shape index (κ2) is 9.36. The zero-order valence-corrected chi connectivity index (χ0v) is 17.6. The van der Waals surface area contributed by atoms with E-state index in [0.717, 1.165) is 28.1 Å². The lowest BCUT2D eigenvalue weighted by Gasteiger charge is -2.12. The molecular formula is C24H20ClN5O. The van der Waals surface area contributed by atoms with Crippen LogP contribution in [0.4, 0.5) is 17.3 Å². The van der Waals surface area contributed by atoms with E-state index in [1.54, 1.807) is 30.7 Å². The molecule has 31 heavy (non-hydrogen) atoms. The predicted octanol–water partition coefficient (Wildman–Crippen LogP) is 5.58. The molecule has 0 spiro atoms. The quantitative estimate of drug-likeness (QED) is 0.389. The van der Waals surface area contributed by atoms with Gasteiger partial charge in [0.1, 0.15) is 0 Å². The van der Waals surface area contributed by atoms with Gasteiger partial charge in [0.15, 0.2) is 0 Å². The van der Waals surface area contributed by atoms with Crippen LogP contribution in [-0.4, -0.2) is 20.9 Å². The molecule has 0 atom stereocenters. The molecule has 0 saturated carbocycles. The summed E-state index contributed by atoms with van der Waals surface area (Å²) in [5, 5.41) is 6.17. The number of nitrogens with zero attached hydrogens (tertiary/aromatic N) is 3. The minimum Gasteiger partial charge on any atom is -0.324 e. The zero-order valence-electron chi connectivity index (χ0n) is 16.8. The van der Waals surface area contributed by atoms with E-state index < -0.39 is 0 Å². The van der Waals surface area contributed by atoms with E-state index in [0.29, 0.717) is 23.1 Å². The lowest BCUT2D eigenvalue weighted by atomic mass is 10.1. The van der Waals surface area contributed by atoms with Gasteiger partial charge in [-0.1, -0.05) is 18.2 Å². The fourth-order valence-corrected chi connectivity index (χ4v) is 3.18. The van der Waals surface area contributed by atoms with Crippen LogP contribution in [0.1, 0.15) is 21.5 Å². The molecule has 4 aromatic rings. The smallest absolute Gasteiger partial charge is 0.255 e. The Balaban J connectivity index is 1.52. The van der Waals surface area contributed by atoms with E-state index in [9.17, 15) is 4.79 Å². The molecule has 4 rings (SSSR count). The molecule has 2 aromatic heterocycles. The van der Waals surface area contributed by atoms with Gasteiger partial charge in [-0.25, -0.2) is 9.97 Å². The molecule has 0 aliphatic heterocycles. The minimum absolute atomic E-state index is 0.189. The molecule has 0 radical (unpaired) electrons. The molecule has 154 valence electrons. The molecule has 2 N–H and O–H groups in total. The lowest BCUT2D eigenvalue weighted by Crippen LogP contribution is -2.12. The maximum Gasteiger partial charge on any atom is 0.255 e. The molecule has 0 saturated heterocycles. The minimum atomic E-state index is -0.189. The highest BCUT2D eigenvalue weighted by molar-refractivity contribution is 6.17. The highest BCUT2D eigenvalue weighted by Gasteiger charge is 2.09. The largest absolute Gasteiger partial charge is 0.324 e. The number of anilines is 3. The fourth-order valence-electron chi connectivity index (χ4n) is 3.00. The van der Waals surface area contributed by atoms with Crippen molar-refractivity contribution in [2.24, 2.45) is 0 Å². The van der Waals surface area contributed by atoms with E-state index in [1.807, 2.05) is 55.5 Å². The van der Waals surface area contributed by atoms with Gasteiger partial charge in [-0.3, -0.25) is 9.78 Å². The zero-order chi connectivity index (χ0) is 21.6. The van der Waals surface area contributed by atoms with Crippen molar-refractivity contribution in [2.75, 3.05) is 10.6 Å². The second-order valence-electron chi connectivity index (χ2n) is 6.95. The predicted molar refractivity (Wildman–Crippen MR) is 124 cm³/mol. The number of pyridine rings is 1. The number of hydrogen-bond donors (Lipinski definition) is 2. The van der Waals surface area contributed by atoms with Gasteiger partial charge in [-0.05, 0) is 60.5 Å². The number of alkyl halides is 1. The van der Waals surface area contributed by atoms with Crippen LogP contribution in [0, 0.1) is 6.92 Å². The highest BCUT2D eigenvalue weighted by atomic mass is 35.5. The molecule has 7 heteroatoms. The molecular weight excluding hydrogens is 412 g/mol. The fraction of sp³-hybridized carbons (Fsp3) is 0.0833. The number of benzene rings is 2. The molecule has 1 amide bonds. The first kappa shape index (κ1) is 20.5. The average molecular weight is 432 g/mol. The van der Waals surface area contributed by atoms with E-state index in [-0.39, 0.29) is 5.91 Å². The third-order valence-corrected chi connectivity index (χ3v) is 5.03. The molecule has 6 nitrogen and oxygen atoms in total. The summed E-state index contributed by atoms with van der Waals surface area (Å²) in [6, 6.07) is 18.5. The van der Waals surface area contributed by atoms with Crippen molar-refractivity contribution in [2.45, 2.75) is 12.8 Å². The second-order valence-corrected chi connectivity index (χ2v) is 7.21. The van der Waals surface area contributed by atoms with Crippen LogP contribution in [0.5, 0.6) is 0 Å². The Morgan fingerprint density at radius 1 is 1.06 bits per heavy atom. The van der Waals surface area contributed by atoms with Crippen LogP contribution in [0.2, 0.25) is 0 Å². The number of halogens is 1. The van der Waals surface area contributed by atoms with Crippen molar-refractivity contribution in [3.05, 3.63) is 95.9 Å². The lowest BCUT2D eigenvalue weighted by molar-refractivity contribution is 0.102. The third-order valence-electron chi connectivity index (χ3n) is 4.73. The highest BCUT2D eigenvalue weighted by Crippen LogP contribution is 2.24. The number of rotatable bonds is 6. The summed E-state index contributed by atoms with van der Waals surface area (Å²) in [5.41, 5.74) is 5.69. The Morgan fingerprint density at radius 2 is 1.90 bits per heavy atom. The summed E-state index contributed by atoms with van der Waals surface area (Å²) in [6.45, 7) is 1.98. The Kier molecular flexibility index (Phi) is 6.19. The molecule has 2 heterocycles. The first-order chi connectivity index (χ1) is 15.1. The Labute approximate surface area is 185 Å². The monoisotopic (exact) mass is 431 g/mol. The summed E-state index contributed by atoms with van der Waals surface area (Å²) in [4.78, 5) is 25.6. The Morgan fingerprint density at radius 3 is 2.65 bits per heavy atom. The van der Waals surface area contributed by atoms with Crippen LogP contribution >= 0.6 is 11.6 Å². The topological polar surface area (TPSA) is 79.8 Å². The van der Waals surface area contributed by atoms with Gasteiger partial charge in [-0.15, -0.1) is 11.6 Å². The summed E-state index contributed by atoms with van der Waals surface area (Å²) in [6.07, 6.45) is 5.18. The van der Waals surface area contributed by atoms with Crippen molar-refractivity contribution < 1.29 is 4.79 Å². The normalized spacial score (nSPS) is 10.5. The van der Waals surface area contributed by atoms with Crippen molar-refractivity contribution in [3.63, 3.8) is 0 Å². The van der Waals surface area contributed by atoms with Crippen molar-refractivity contribution in [1.29, 1.82) is 0 Å². The van der Waals surface area contributed by atoms with Gasteiger partial charge in [0, 0.05) is 47.0 Å². The molecule has 0 unspecified atom stereocenters. The number of aromatic nitrogens is 3. The van der Waals surface area contributed by atoms with Gasteiger partial charge in [0.2, 0.25) is 5.95 Å². The van der Waals surface area contributed by atoms with Gasteiger partial charge in [0.25, 0.3) is 5.91 Å². The summed E-state index contributed by atoms with van der Waals surface area (Å²) < 4.78 is 0. The van der Waals surface area contributed by atoms with Crippen LogP contribution in [-0.2, 0) is 5.88 Å². The SMILES string of the molecule is Cc1ccc(NC(=O)c2ccc(CCl)cc2)cc1Nc1nccc(-c2cccn[14cH]2)n1. The number of carbonyl (C=O) groups is 1. The van der Waals surface area contributed by atoms with Crippen molar-refractivity contribution in [1.82, 2.24) is 15.0 Å². The molecule has 2 aromatic carbocycles. The summed E-state index contributed by atoms with van der Waals surface area (Å²) >= 11 is 5.81. The van der Waals surface area contributed by atoms with Crippen molar-refractivity contribution >= 4 is 34.8 Å². The van der Waals surface area contributed by atoms with E-state index >= 15 is 0 Å². The number of aryl methyl sites for hydroxylation is 1. The maximum atomic E-state index is 12.6. The van der Waals surface area contributed by atoms with E-state index in [1.165, 1.54) is 0 Å². The molecule has 0 aliphatic rings. The van der Waals surface area contributed by atoms with Crippen LogP contribution in [0.3, 0.4) is 0 Å². The first-order valence-corrected chi connectivity index (χ1v) is 10.2. The van der Waals surface area contributed by atoms with E-state index in [2.05, 4.69) is 25.6 Å². The van der Waals surface area contributed by atoms with Crippen LogP contribution in [0.15, 0.2) is 79.3 Å². The number of amides is 1. The first-order valence-electron chi connectivity index (χ1n) is 9.70. The number of carbonyl (C=O) groups excluding carboxylic acids is 1. The summed E-state index contributed by atoms with van der Waals surface area (Å²) in [7, 11) is 0. The molecule has 0 bridgehead atoms. The Hall–Kier alpha value is -3.77. The van der Waals surface area contributed by atoms with Gasteiger partial charge < -0.3 is 10.6 Å². The average Bonchev–Trinajstić information content (AvgIpc) is 2.82. The molecule has 0 fully saturated rings. The van der Waals surface area contributed by atoms with Gasteiger partial charge >= 0.3 is 0 Å².